The highest BCUT2D eigenvalue weighted by Crippen LogP contribution is 2.29. The third kappa shape index (κ3) is 5.03. The van der Waals surface area contributed by atoms with E-state index in [-0.39, 0.29) is 11.7 Å². The lowest BCUT2D eigenvalue weighted by Gasteiger charge is -2.12. The summed E-state index contributed by atoms with van der Waals surface area (Å²) in [4.78, 5) is 12.7. The van der Waals surface area contributed by atoms with Gasteiger partial charge in [-0.05, 0) is 55.3 Å². The minimum Gasteiger partial charge on any atom is -0.325 e. The van der Waals surface area contributed by atoms with Gasteiger partial charge in [0.2, 0.25) is 5.91 Å². The largest absolute Gasteiger partial charge is 0.325 e. The number of hydrogen-bond donors (Lipinski definition) is 1. The number of carbonyl (C=O) groups is 1. The zero-order valence-corrected chi connectivity index (χ0v) is 19.5. The Kier molecular flexibility index (Phi) is 6.93. The molecule has 0 radical (unpaired) electrons. The topological polar surface area (TPSA) is 59.8 Å². The average molecular weight is 463 g/mol. The molecule has 1 heterocycles. The third-order valence-electron chi connectivity index (χ3n) is 5.00. The Bertz CT molecular complexity index is 1240. The van der Waals surface area contributed by atoms with Crippen LogP contribution in [0, 0.1) is 6.92 Å². The van der Waals surface area contributed by atoms with E-state index < -0.39 is 0 Å². The summed E-state index contributed by atoms with van der Waals surface area (Å²) < 4.78 is 1.96. The molecule has 0 saturated heterocycles. The fourth-order valence-corrected chi connectivity index (χ4v) is 4.30. The smallest absolute Gasteiger partial charge is 0.234 e. The number of anilines is 1. The van der Waals surface area contributed by atoms with E-state index in [2.05, 4.69) is 28.5 Å². The SMILES string of the molecule is CCc1ccccc1NC(=O)CSc1nnc(-c2cccc(C)c2)n1-c1ccc(Cl)cc1. The van der Waals surface area contributed by atoms with Crippen LogP contribution in [-0.4, -0.2) is 26.4 Å². The maximum Gasteiger partial charge on any atom is 0.234 e. The molecule has 162 valence electrons. The molecule has 32 heavy (non-hydrogen) atoms. The van der Waals surface area contributed by atoms with Crippen molar-refractivity contribution in [1.82, 2.24) is 14.8 Å². The average Bonchev–Trinajstić information content (AvgIpc) is 3.22. The highest BCUT2D eigenvalue weighted by Gasteiger charge is 2.18. The normalized spacial score (nSPS) is 10.8. The number of nitrogens with zero attached hydrogens (tertiary/aromatic N) is 3. The van der Waals surface area contributed by atoms with Crippen molar-refractivity contribution in [1.29, 1.82) is 0 Å². The molecule has 0 atom stereocenters. The van der Waals surface area contributed by atoms with Crippen LogP contribution in [0.5, 0.6) is 0 Å². The molecule has 0 unspecified atom stereocenters. The van der Waals surface area contributed by atoms with Crippen LogP contribution in [0.2, 0.25) is 5.02 Å². The zero-order chi connectivity index (χ0) is 22.5. The zero-order valence-electron chi connectivity index (χ0n) is 17.9. The van der Waals surface area contributed by atoms with E-state index in [4.69, 9.17) is 11.6 Å². The number of rotatable bonds is 7. The van der Waals surface area contributed by atoms with Crippen LogP contribution in [0.15, 0.2) is 78.0 Å². The molecular weight excluding hydrogens is 440 g/mol. The van der Waals surface area contributed by atoms with E-state index >= 15 is 0 Å². The summed E-state index contributed by atoms with van der Waals surface area (Å²) in [5.41, 5.74) is 4.93. The summed E-state index contributed by atoms with van der Waals surface area (Å²) in [5.74, 6) is 0.853. The molecule has 0 spiro atoms. The van der Waals surface area contributed by atoms with Crippen molar-refractivity contribution in [2.45, 2.75) is 25.4 Å². The van der Waals surface area contributed by atoms with Gasteiger partial charge < -0.3 is 5.32 Å². The quantitative estimate of drug-likeness (QED) is 0.333. The molecule has 4 aromatic rings. The monoisotopic (exact) mass is 462 g/mol. The van der Waals surface area contributed by atoms with Crippen LogP contribution < -0.4 is 5.32 Å². The Morgan fingerprint density at radius 2 is 1.81 bits per heavy atom. The van der Waals surface area contributed by atoms with Gasteiger partial charge in [0.15, 0.2) is 11.0 Å². The van der Waals surface area contributed by atoms with E-state index in [1.165, 1.54) is 11.8 Å². The van der Waals surface area contributed by atoms with E-state index in [1.807, 2.05) is 78.2 Å². The number of hydrogen-bond acceptors (Lipinski definition) is 4. The second-order valence-corrected chi connectivity index (χ2v) is 8.71. The Hall–Kier alpha value is -3.09. The van der Waals surface area contributed by atoms with Crippen LogP contribution in [0.3, 0.4) is 0 Å². The first-order valence-electron chi connectivity index (χ1n) is 10.3. The van der Waals surface area contributed by atoms with Gasteiger partial charge >= 0.3 is 0 Å². The molecule has 0 aliphatic carbocycles. The van der Waals surface area contributed by atoms with Crippen LogP contribution in [-0.2, 0) is 11.2 Å². The second-order valence-electron chi connectivity index (χ2n) is 7.34. The highest BCUT2D eigenvalue weighted by atomic mass is 35.5. The minimum atomic E-state index is -0.0846. The molecule has 7 heteroatoms. The number of halogens is 1. The lowest BCUT2D eigenvalue weighted by molar-refractivity contribution is -0.113. The molecule has 0 saturated carbocycles. The van der Waals surface area contributed by atoms with E-state index in [9.17, 15) is 4.79 Å². The number of amides is 1. The Balaban J connectivity index is 1.61. The van der Waals surface area contributed by atoms with Crippen molar-refractivity contribution < 1.29 is 4.79 Å². The first-order valence-corrected chi connectivity index (χ1v) is 11.7. The summed E-state index contributed by atoms with van der Waals surface area (Å²) in [6.07, 6.45) is 0.855. The van der Waals surface area contributed by atoms with Crippen molar-refractivity contribution in [2.24, 2.45) is 0 Å². The number of aromatic nitrogens is 3. The number of para-hydroxylation sites is 1. The first-order chi connectivity index (χ1) is 15.5. The minimum absolute atomic E-state index is 0.0846. The number of nitrogens with one attached hydrogen (secondary N) is 1. The van der Waals surface area contributed by atoms with Gasteiger partial charge in [-0.3, -0.25) is 9.36 Å². The lowest BCUT2D eigenvalue weighted by atomic mass is 10.1. The van der Waals surface area contributed by atoms with Gasteiger partial charge in [-0.1, -0.05) is 72.2 Å². The molecule has 0 bridgehead atoms. The van der Waals surface area contributed by atoms with Gasteiger partial charge in [0.25, 0.3) is 0 Å². The van der Waals surface area contributed by atoms with Gasteiger partial charge in [0.05, 0.1) is 5.75 Å². The first kappa shape index (κ1) is 22.1. The van der Waals surface area contributed by atoms with Crippen molar-refractivity contribution >= 4 is 35.0 Å². The fraction of sp³-hybridized carbons (Fsp3) is 0.160. The van der Waals surface area contributed by atoms with Crippen molar-refractivity contribution in [3.05, 3.63) is 88.9 Å². The summed E-state index contributed by atoms with van der Waals surface area (Å²) in [6, 6.07) is 23.5. The maximum atomic E-state index is 12.7. The van der Waals surface area contributed by atoms with Gasteiger partial charge in [-0.2, -0.15) is 0 Å². The number of carbonyl (C=O) groups excluding carboxylic acids is 1. The molecule has 1 aromatic heterocycles. The molecule has 0 aliphatic heterocycles. The van der Waals surface area contributed by atoms with Crippen LogP contribution in [0.4, 0.5) is 5.69 Å². The molecule has 0 aliphatic rings. The van der Waals surface area contributed by atoms with Crippen LogP contribution in [0.25, 0.3) is 17.1 Å². The van der Waals surface area contributed by atoms with Gasteiger partial charge in [0, 0.05) is 22.0 Å². The van der Waals surface area contributed by atoms with Crippen molar-refractivity contribution in [2.75, 3.05) is 11.1 Å². The summed E-state index contributed by atoms with van der Waals surface area (Å²) in [5, 5.41) is 13.1. The summed E-state index contributed by atoms with van der Waals surface area (Å²) in [6.45, 7) is 4.11. The number of thioether (sulfide) groups is 1. The fourth-order valence-electron chi connectivity index (χ4n) is 3.42. The van der Waals surface area contributed by atoms with Gasteiger partial charge in [-0.15, -0.1) is 10.2 Å². The molecule has 3 aromatic carbocycles. The van der Waals surface area contributed by atoms with E-state index in [0.29, 0.717) is 10.2 Å². The Morgan fingerprint density at radius 1 is 1.03 bits per heavy atom. The predicted octanol–water partition coefficient (Wildman–Crippen LogP) is 6.19. The van der Waals surface area contributed by atoms with E-state index in [1.54, 1.807) is 0 Å². The molecule has 1 N–H and O–H groups in total. The predicted molar refractivity (Wildman–Crippen MR) is 132 cm³/mol. The third-order valence-corrected chi connectivity index (χ3v) is 6.18. The Labute approximate surface area is 196 Å². The second kappa shape index (κ2) is 10.0. The molecular formula is C25H23ClN4OS. The van der Waals surface area contributed by atoms with Gasteiger partial charge in [-0.25, -0.2) is 0 Å². The standard InChI is InChI=1S/C25H23ClN4OS/c1-3-18-8-4-5-10-22(18)27-23(31)16-32-25-29-28-24(19-9-6-7-17(2)15-19)30(25)21-13-11-20(26)12-14-21/h4-15H,3,16H2,1-2H3,(H,27,31). The van der Waals surface area contributed by atoms with Crippen molar-refractivity contribution in [3.63, 3.8) is 0 Å². The maximum absolute atomic E-state index is 12.7. The number of benzene rings is 3. The molecule has 5 nitrogen and oxygen atoms in total. The van der Waals surface area contributed by atoms with E-state index in [0.717, 1.165) is 40.3 Å². The molecule has 1 amide bonds. The summed E-state index contributed by atoms with van der Waals surface area (Å²) >= 11 is 7.45. The van der Waals surface area contributed by atoms with Crippen LogP contribution in [0.1, 0.15) is 18.1 Å². The highest BCUT2D eigenvalue weighted by molar-refractivity contribution is 7.99. The lowest BCUT2D eigenvalue weighted by Crippen LogP contribution is -2.15. The van der Waals surface area contributed by atoms with Crippen molar-refractivity contribution in [3.8, 4) is 17.1 Å². The molecule has 0 fully saturated rings. The summed E-state index contributed by atoms with van der Waals surface area (Å²) in [7, 11) is 0. The Morgan fingerprint density at radius 3 is 2.56 bits per heavy atom. The van der Waals surface area contributed by atoms with Gasteiger partial charge in [0.1, 0.15) is 0 Å². The van der Waals surface area contributed by atoms with Crippen LogP contribution >= 0.6 is 23.4 Å². The molecule has 4 rings (SSSR count). The number of aryl methyl sites for hydroxylation is 2.